The predicted molar refractivity (Wildman–Crippen MR) is 161 cm³/mol. The fourth-order valence-corrected chi connectivity index (χ4v) is 5.73. The number of esters is 2. The van der Waals surface area contributed by atoms with Crippen LogP contribution in [0.15, 0.2) is 24.8 Å². The quantitative estimate of drug-likeness (QED) is 0.0740. The van der Waals surface area contributed by atoms with Crippen molar-refractivity contribution >= 4 is 11.9 Å². The highest BCUT2D eigenvalue weighted by molar-refractivity contribution is 5.69. The van der Waals surface area contributed by atoms with Gasteiger partial charge in [-0.25, -0.2) is 0 Å². The van der Waals surface area contributed by atoms with Crippen LogP contribution in [0.3, 0.4) is 0 Å². The molecule has 0 spiro atoms. The van der Waals surface area contributed by atoms with Gasteiger partial charge in [0.2, 0.25) is 0 Å². The Morgan fingerprint density at radius 1 is 0.821 bits per heavy atom. The molecule has 0 radical (unpaired) electrons. The van der Waals surface area contributed by atoms with Crippen molar-refractivity contribution < 1.29 is 24.2 Å². The van der Waals surface area contributed by atoms with Crippen molar-refractivity contribution in [3.8, 4) is 0 Å². The zero-order chi connectivity index (χ0) is 28.7. The van der Waals surface area contributed by atoms with E-state index in [1.807, 2.05) is 19.9 Å². The number of rotatable bonds is 24. The molecule has 1 aliphatic rings. The van der Waals surface area contributed by atoms with Gasteiger partial charge in [-0.15, -0.1) is 6.58 Å². The highest BCUT2D eigenvalue weighted by Crippen LogP contribution is 2.40. The average molecular weight is 549 g/mol. The Morgan fingerprint density at radius 2 is 1.46 bits per heavy atom. The lowest BCUT2D eigenvalue weighted by Gasteiger charge is -2.25. The maximum Gasteiger partial charge on any atom is 0.306 e. The Bertz CT molecular complexity index is 670. The topological polar surface area (TPSA) is 72.8 Å². The molecule has 0 aliphatic heterocycles. The van der Waals surface area contributed by atoms with E-state index in [1.165, 1.54) is 57.8 Å². The molecular formula is C34H60O5. The number of ether oxygens (including phenoxy) is 2. The summed E-state index contributed by atoms with van der Waals surface area (Å²) in [5, 5.41) is 10.9. The number of carbonyl (C=O) groups is 2. The average Bonchev–Trinajstić information content (AvgIpc) is 3.17. The maximum absolute atomic E-state index is 12.7. The summed E-state index contributed by atoms with van der Waals surface area (Å²) < 4.78 is 11.2. The summed E-state index contributed by atoms with van der Waals surface area (Å²) in [4.78, 5) is 24.4. The molecule has 0 aromatic carbocycles. The molecule has 4 atom stereocenters. The number of hydrogen-bond donors (Lipinski definition) is 1. The molecule has 5 nitrogen and oxygen atoms in total. The molecule has 0 bridgehead atoms. The number of carbonyl (C=O) groups excluding carboxylic acids is 2. The summed E-state index contributed by atoms with van der Waals surface area (Å²) in [6, 6.07) is 0. The van der Waals surface area contributed by atoms with Crippen LogP contribution in [0.5, 0.6) is 0 Å². The van der Waals surface area contributed by atoms with Crippen LogP contribution in [0.2, 0.25) is 0 Å². The van der Waals surface area contributed by atoms with Crippen molar-refractivity contribution in [3.05, 3.63) is 24.8 Å². The van der Waals surface area contributed by atoms with Crippen LogP contribution < -0.4 is 0 Å². The minimum absolute atomic E-state index is 0.0695. The molecule has 0 aromatic heterocycles. The molecule has 226 valence electrons. The van der Waals surface area contributed by atoms with E-state index >= 15 is 0 Å². The molecule has 1 saturated carbocycles. The van der Waals surface area contributed by atoms with Crippen LogP contribution in [0.25, 0.3) is 0 Å². The minimum atomic E-state index is -0.436. The van der Waals surface area contributed by atoms with Gasteiger partial charge in [0.25, 0.3) is 0 Å². The molecule has 0 saturated heterocycles. The first-order valence-corrected chi connectivity index (χ1v) is 16.2. The van der Waals surface area contributed by atoms with Crippen molar-refractivity contribution in [3.63, 3.8) is 0 Å². The monoisotopic (exact) mass is 548 g/mol. The van der Waals surface area contributed by atoms with Gasteiger partial charge in [0.1, 0.15) is 6.10 Å². The summed E-state index contributed by atoms with van der Waals surface area (Å²) in [5.41, 5.74) is 0. The van der Waals surface area contributed by atoms with E-state index in [1.54, 1.807) is 0 Å². The van der Waals surface area contributed by atoms with Gasteiger partial charge >= 0.3 is 11.9 Å². The van der Waals surface area contributed by atoms with Gasteiger partial charge in [-0.3, -0.25) is 9.59 Å². The lowest BCUT2D eigenvalue weighted by Crippen LogP contribution is -2.26. The second kappa shape index (κ2) is 23.1. The molecule has 39 heavy (non-hydrogen) atoms. The highest BCUT2D eigenvalue weighted by atomic mass is 16.5. The van der Waals surface area contributed by atoms with Crippen LogP contribution in [-0.4, -0.2) is 35.4 Å². The van der Waals surface area contributed by atoms with Crippen molar-refractivity contribution in [2.75, 3.05) is 0 Å². The molecule has 5 heteroatoms. The van der Waals surface area contributed by atoms with Gasteiger partial charge in [-0.1, -0.05) is 89.4 Å². The summed E-state index contributed by atoms with van der Waals surface area (Å²) in [7, 11) is 0. The third-order valence-electron chi connectivity index (χ3n) is 7.90. The Balaban J connectivity index is 2.51. The fraction of sp³-hybridized carbons (Fsp3) is 0.824. The summed E-state index contributed by atoms with van der Waals surface area (Å²) in [6.45, 7) is 9.73. The smallest absolute Gasteiger partial charge is 0.306 e. The third kappa shape index (κ3) is 17.6. The van der Waals surface area contributed by atoms with Gasteiger partial charge in [0.05, 0.1) is 12.2 Å². The fourth-order valence-electron chi connectivity index (χ4n) is 5.73. The second-order valence-corrected chi connectivity index (χ2v) is 11.8. The van der Waals surface area contributed by atoms with E-state index in [0.29, 0.717) is 19.3 Å². The standard InChI is InChI=1S/C34H60O5/c1-5-7-9-11-13-14-16-21-26-34(37)39-32-27-31(35)29(30(32)24-20-15-12-10-8-6-2)23-19-17-18-22-25-33(36)38-28(3)4/h5,17,19,28-32,35H,1,6-16,18,20-27H2,2-4H3/b19-17-/t29-,30-,31+,32-/m1/s1. The van der Waals surface area contributed by atoms with Gasteiger partial charge in [0.15, 0.2) is 0 Å². The Hall–Kier alpha value is -1.62. The van der Waals surface area contributed by atoms with Gasteiger partial charge in [0, 0.05) is 25.2 Å². The van der Waals surface area contributed by atoms with Crippen molar-refractivity contribution in [2.24, 2.45) is 11.8 Å². The van der Waals surface area contributed by atoms with Crippen molar-refractivity contribution in [1.29, 1.82) is 0 Å². The van der Waals surface area contributed by atoms with Gasteiger partial charge in [-0.2, -0.15) is 0 Å². The number of hydrogen-bond acceptors (Lipinski definition) is 5. The maximum atomic E-state index is 12.7. The predicted octanol–water partition coefficient (Wildman–Crippen LogP) is 9.02. The second-order valence-electron chi connectivity index (χ2n) is 11.8. The molecular weight excluding hydrogens is 488 g/mol. The first-order valence-electron chi connectivity index (χ1n) is 16.2. The Morgan fingerprint density at radius 3 is 2.15 bits per heavy atom. The Kier molecular flexibility index (Phi) is 21.0. The number of allylic oxidation sites excluding steroid dienone is 3. The summed E-state index contributed by atoms with van der Waals surface area (Å²) in [6.07, 6.45) is 25.7. The van der Waals surface area contributed by atoms with Crippen molar-refractivity contribution in [2.45, 2.75) is 167 Å². The minimum Gasteiger partial charge on any atom is -0.463 e. The number of unbranched alkanes of at least 4 members (excludes halogenated alkanes) is 12. The number of aliphatic hydroxyl groups is 1. The normalized spacial score (nSPS) is 21.1. The summed E-state index contributed by atoms with van der Waals surface area (Å²) in [5.74, 6) is 0.0925. The largest absolute Gasteiger partial charge is 0.463 e. The summed E-state index contributed by atoms with van der Waals surface area (Å²) >= 11 is 0. The molecule has 0 heterocycles. The van der Waals surface area contributed by atoms with E-state index in [2.05, 4.69) is 25.7 Å². The SMILES string of the molecule is C=CCCCCCCCCC(=O)O[C@@H]1C[C@H](O)[C@H](C/C=C\CCCC(=O)OC(C)C)[C@H]1CCCCCCCC. The third-order valence-corrected chi connectivity index (χ3v) is 7.90. The zero-order valence-corrected chi connectivity index (χ0v) is 25.5. The van der Waals surface area contributed by atoms with E-state index in [4.69, 9.17) is 9.47 Å². The first-order chi connectivity index (χ1) is 18.9. The molecule has 1 fully saturated rings. The van der Waals surface area contributed by atoms with Crippen LogP contribution >= 0.6 is 0 Å². The highest BCUT2D eigenvalue weighted by Gasteiger charge is 2.43. The van der Waals surface area contributed by atoms with Gasteiger partial charge in [-0.05, 0) is 64.7 Å². The number of aliphatic hydroxyl groups excluding tert-OH is 1. The van der Waals surface area contributed by atoms with E-state index < -0.39 is 6.10 Å². The Labute approximate surface area is 240 Å². The lowest BCUT2D eigenvalue weighted by atomic mass is 9.86. The first kappa shape index (κ1) is 35.4. The van der Waals surface area contributed by atoms with Gasteiger partial charge < -0.3 is 14.6 Å². The molecule has 0 amide bonds. The van der Waals surface area contributed by atoms with Crippen LogP contribution in [-0.2, 0) is 19.1 Å². The zero-order valence-electron chi connectivity index (χ0n) is 25.5. The lowest BCUT2D eigenvalue weighted by molar-refractivity contribution is -0.151. The molecule has 0 unspecified atom stereocenters. The molecule has 1 aliphatic carbocycles. The molecule has 0 aromatic rings. The molecule has 1 N–H and O–H groups in total. The van der Waals surface area contributed by atoms with Crippen LogP contribution in [0.1, 0.15) is 149 Å². The van der Waals surface area contributed by atoms with Crippen LogP contribution in [0.4, 0.5) is 0 Å². The van der Waals surface area contributed by atoms with E-state index in [-0.39, 0.29) is 36.0 Å². The van der Waals surface area contributed by atoms with Crippen molar-refractivity contribution in [1.82, 2.24) is 0 Å². The van der Waals surface area contributed by atoms with E-state index in [0.717, 1.165) is 51.4 Å². The van der Waals surface area contributed by atoms with E-state index in [9.17, 15) is 14.7 Å². The molecule has 1 rings (SSSR count). The van der Waals surface area contributed by atoms with Crippen LogP contribution in [0, 0.1) is 11.8 Å².